The number of aryl methyl sites for hydroxylation is 1. The third-order valence-electron chi connectivity index (χ3n) is 5.01. The number of nitrogens with zero attached hydrogens (tertiary/aromatic N) is 1. The third kappa shape index (κ3) is 5.26. The Labute approximate surface area is 176 Å². The Morgan fingerprint density at radius 3 is 2.72 bits per heavy atom. The number of fused-ring (bicyclic) bond motifs is 1. The molecule has 2 aromatic carbocycles. The van der Waals surface area contributed by atoms with Gasteiger partial charge in [-0.25, -0.2) is 4.98 Å². The van der Waals surface area contributed by atoms with Gasteiger partial charge in [0.1, 0.15) is 0 Å². The maximum absolute atomic E-state index is 12.4. The first-order chi connectivity index (χ1) is 14.0. The Morgan fingerprint density at radius 1 is 1.17 bits per heavy atom. The van der Waals surface area contributed by atoms with E-state index in [4.69, 9.17) is 9.47 Å². The van der Waals surface area contributed by atoms with Crippen molar-refractivity contribution >= 4 is 32.6 Å². The van der Waals surface area contributed by atoms with Gasteiger partial charge in [0.2, 0.25) is 5.91 Å². The molecule has 1 amide bonds. The van der Waals surface area contributed by atoms with Crippen LogP contribution in [0.4, 0.5) is 5.13 Å². The standard InChI is InChI=1S/C23H28N2O3S/c1-5-15(3)17-9-10-18-21(14-17)29-23(24-18)25-22(26)12-8-16-7-11-19(28-6-2)20(13-16)27-4/h7,9-11,13-15H,5-6,8,12H2,1-4H3,(H,24,25,26). The molecule has 6 heteroatoms. The van der Waals surface area contributed by atoms with Gasteiger partial charge in [-0.2, -0.15) is 0 Å². The van der Waals surface area contributed by atoms with Crippen LogP contribution in [-0.2, 0) is 11.2 Å². The highest BCUT2D eigenvalue weighted by Crippen LogP contribution is 2.31. The molecule has 1 N–H and O–H groups in total. The minimum atomic E-state index is -0.0425. The number of aromatic nitrogens is 1. The molecule has 1 unspecified atom stereocenters. The minimum Gasteiger partial charge on any atom is -0.493 e. The maximum atomic E-state index is 12.4. The number of hydrogen-bond donors (Lipinski definition) is 1. The number of anilines is 1. The predicted molar refractivity (Wildman–Crippen MR) is 119 cm³/mol. The van der Waals surface area contributed by atoms with Gasteiger partial charge in [-0.1, -0.05) is 37.3 Å². The van der Waals surface area contributed by atoms with Crippen LogP contribution >= 0.6 is 11.3 Å². The quantitative estimate of drug-likeness (QED) is 0.483. The first kappa shape index (κ1) is 21.1. The molecule has 1 atom stereocenters. The number of carbonyl (C=O) groups excluding carboxylic acids is 1. The van der Waals surface area contributed by atoms with Crippen molar-refractivity contribution in [2.45, 2.75) is 46.0 Å². The fourth-order valence-electron chi connectivity index (χ4n) is 3.12. The van der Waals surface area contributed by atoms with Crippen LogP contribution in [-0.4, -0.2) is 24.6 Å². The van der Waals surface area contributed by atoms with E-state index in [1.807, 2.05) is 31.2 Å². The van der Waals surface area contributed by atoms with E-state index in [2.05, 4.69) is 36.3 Å². The van der Waals surface area contributed by atoms with E-state index in [0.29, 0.717) is 36.2 Å². The molecule has 0 fully saturated rings. The molecule has 0 bridgehead atoms. The van der Waals surface area contributed by atoms with Gasteiger partial charge in [-0.3, -0.25) is 4.79 Å². The van der Waals surface area contributed by atoms with E-state index >= 15 is 0 Å². The zero-order valence-corrected chi connectivity index (χ0v) is 18.3. The fourth-order valence-corrected chi connectivity index (χ4v) is 4.05. The normalized spacial score (nSPS) is 12.0. The van der Waals surface area contributed by atoms with Crippen LogP contribution in [0.15, 0.2) is 36.4 Å². The number of ether oxygens (including phenoxy) is 2. The summed E-state index contributed by atoms with van der Waals surface area (Å²) in [6.07, 6.45) is 2.10. The molecular formula is C23H28N2O3S. The number of carbonyl (C=O) groups is 1. The average molecular weight is 413 g/mol. The zero-order chi connectivity index (χ0) is 20.8. The molecule has 0 saturated carbocycles. The van der Waals surface area contributed by atoms with Crippen LogP contribution in [0.25, 0.3) is 10.2 Å². The number of thiazole rings is 1. The van der Waals surface area contributed by atoms with Crippen LogP contribution in [0.5, 0.6) is 11.5 Å². The summed E-state index contributed by atoms with van der Waals surface area (Å²) < 4.78 is 12.0. The van der Waals surface area contributed by atoms with Gasteiger partial charge in [0, 0.05) is 6.42 Å². The van der Waals surface area contributed by atoms with Crippen LogP contribution in [0.1, 0.15) is 50.7 Å². The van der Waals surface area contributed by atoms with Crippen molar-refractivity contribution < 1.29 is 14.3 Å². The second-order valence-electron chi connectivity index (χ2n) is 7.02. The lowest BCUT2D eigenvalue weighted by atomic mass is 9.99. The van der Waals surface area contributed by atoms with Crippen LogP contribution in [0.2, 0.25) is 0 Å². The average Bonchev–Trinajstić information content (AvgIpc) is 3.13. The van der Waals surface area contributed by atoms with Crippen molar-refractivity contribution in [3.8, 4) is 11.5 Å². The minimum absolute atomic E-state index is 0.0425. The molecule has 5 nitrogen and oxygen atoms in total. The molecular weight excluding hydrogens is 384 g/mol. The van der Waals surface area contributed by atoms with E-state index in [-0.39, 0.29) is 5.91 Å². The first-order valence-corrected chi connectivity index (χ1v) is 10.9. The summed E-state index contributed by atoms with van der Waals surface area (Å²) in [6.45, 7) is 6.93. The molecule has 154 valence electrons. The van der Waals surface area contributed by atoms with Crippen molar-refractivity contribution in [1.29, 1.82) is 0 Å². The Balaban J connectivity index is 1.62. The number of nitrogens with one attached hydrogen (secondary N) is 1. The second kappa shape index (κ2) is 9.74. The number of amides is 1. The van der Waals surface area contributed by atoms with Crippen LogP contribution in [0.3, 0.4) is 0 Å². The largest absolute Gasteiger partial charge is 0.493 e. The van der Waals surface area contributed by atoms with E-state index in [1.165, 1.54) is 16.9 Å². The first-order valence-electron chi connectivity index (χ1n) is 10.0. The molecule has 0 spiro atoms. The topological polar surface area (TPSA) is 60.5 Å². The van der Waals surface area contributed by atoms with Crippen LogP contribution < -0.4 is 14.8 Å². The highest BCUT2D eigenvalue weighted by molar-refractivity contribution is 7.22. The van der Waals surface area contributed by atoms with Crippen molar-refractivity contribution in [1.82, 2.24) is 4.98 Å². The van der Waals surface area contributed by atoms with Crippen LogP contribution in [0, 0.1) is 0 Å². The van der Waals surface area contributed by atoms with Gasteiger partial charge >= 0.3 is 0 Å². The van der Waals surface area contributed by atoms with Crippen molar-refractivity contribution in [2.24, 2.45) is 0 Å². The maximum Gasteiger partial charge on any atom is 0.226 e. The molecule has 0 radical (unpaired) electrons. The molecule has 3 rings (SSSR count). The highest BCUT2D eigenvalue weighted by Gasteiger charge is 2.11. The summed E-state index contributed by atoms with van der Waals surface area (Å²) in [5.74, 6) is 1.88. The SMILES string of the molecule is CCOc1ccc(CCC(=O)Nc2nc3ccc(C(C)CC)cc3s2)cc1OC. The third-order valence-corrected chi connectivity index (χ3v) is 5.94. The summed E-state index contributed by atoms with van der Waals surface area (Å²) in [5.41, 5.74) is 3.27. The summed E-state index contributed by atoms with van der Waals surface area (Å²) in [4.78, 5) is 17.0. The van der Waals surface area contributed by atoms with Gasteiger partial charge in [-0.15, -0.1) is 0 Å². The van der Waals surface area contributed by atoms with Gasteiger partial charge in [-0.05, 0) is 61.1 Å². The van der Waals surface area contributed by atoms with E-state index < -0.39 is 0 Å². The molecule has 29 heavy (non-hydrogen) atoms. The zero-order valence-electron chi connectivity index (χ0n) is 17.5. The molecule has 0 aliphatic carbocycles. The van der Waals surface area contributed by atoms with Crippen molar-refractivity contribution in [3.05, 3.63) is 47.5 Å². The summed E-state index contributed by atoms with van der Waals surface area (Å²) in [6, 6.07) is 12.1. The van der Waals surface area contributed by atoms with Gasteiger partial charge in [0.25, 0.3) is 0 Å². The molecule has 1 aromatic heterocycles. The number of rotatable bonds is 9. The molecule has 1 heterocycles. The Bertz CT molecular complexity index is 983. The summed E-state index contributed by atoms with van der Waals surface area (Å²) in [5, 5.41) is 3.59. The highest BCUT2D eigenvalue weighted by atomic mass is 32.1. The lowest BCUT2D eigenvalue weighted by Crippen LogP contribution is -2.12. The monoisotopic (exact) mass is 412 g/mol. The Kier molecular flexibility index (Phi) is 7.09. The smallest absolute Gasteiger partial charge is 0.226 e. The molecule has 0 saturated heterocycles. The van der Waals surface area contributed by atoms with E-state index in [0.717, 1.165) is 28.0 Å². The molecule has 0 aliphatic heterocycles. The van der Waals surface area contributed by atoms with Gasteiger partial charge in [0.05, 0.1) is 23.9 Å². The Hall–Kier alpha value is -2.60. The molecule has 3 aromatic rings. The van der Waals surface area contributed by atoms with E-state index in [1.54, 1.807) is 7.11 Å². The summed E-state index contributed by atoms with van der Waals surface area (Å²) >= 11 is 1.52. The van der Waals surface area contributed by atoms with E-state index in [9.17, 15) is 4.79 Å². The number of hydrogen-bond acceptors (Lipinski definition) is 5. The number of methoxy groups -OCH3 is 1. The summed E-state index contributed by atoms with van der Waals surface area (Å²) in [7, 11) is 1.62. The number of benzene rings is 2. The van der Waals surface area contributed by atoms with Gasteiger partial charge in [0.15, 0.2) is 16.6 Å². The van der Waals surface area contributed by atoms with Crippen molar-refractivity contribution in [2.75, 3.05) is 19.0 Å². The second-order valence-corrected chi connectivity index (χ2v) is 8.05. The lowest BCUT2D eigenvalue weighted by molar-refractivity contribution is -0.116. The lowest BCUT2D eigenvalue weighted by Gasteiger charge is -2.10. The molecule has 0 aliphatic rings. The van der Waals surface area contributed by atoms with Gasteiger partial charge < -0.3 is 14.8 Å². The fraction of sp³-hybridized carbons (Fsp3) is 0.391. The predicted octanol–water partition coefficient (Wildman–Crippen LogP) is 5.79. The Morgan fingerprint density at radius 2 is 2.00 bits per heavy atom. The van der Waals surface area contributed by atoms with Crippen molar-refractivity contribution in [3.63, 3.8) is 0 Å².